The molecule has 2 heteroatoms. The molecule has 0 aliphatic carbocycles. The van der Waals surface area contributed by atoms with Crippen LogP contribution in [-0.4, -0.2) is 6.04 Å². The highest BCUT2D eigenvalue weighted by atomic mass is 16.5. The summed E-state index contributed by atoms with van der Waals surface area (Å²) in [6, 6.07) is 18.3. The van der Waals surface area contributed by atoms with E-state index in [0.29, 0.717) is 6.61 Å². The molecule has 2 aromatic rings. The molecule has 0 aromatic heterocycles. The number of hydrogen-bond acceptors (Lipinski definition) is 2. The van der Waals surface area contributed by atoms with Crippen LogP contribution in [-0.2, 0) is 6.61 Å². The van der Waals surface area contributed by atoms with Crippen LogP contribution < -0.4 is 10.5 Å². The Balaban J connectivity index is 1.97. The molecule has 0 saturated heterocycles. The highest BCUT2D eigenvalue weighted by Gasteiger charge is 1.98. The zero-order valence-corrected chi connectivity index (χ0v) is 12.0. The van der Waals surface area contributed by atoms with Crippen molar-refractivity contribution in [3.63, 3.8) is 0 Å². The third-order valence-electron chi connectivity index (χ3n) is 3.24. The molecule has 2 aromatic carbocycles. The molecule has 104 valence electrons. The molecule has 0 aliphatic heterocycles. The van der Waals surface area contributed by atoms with E-state index in [-0.39, 0.29) is 6.04 Å². The second kappa shape index (κ2) is 6.92. The fraction of sp³-hybridized carbons (Fsp3) is 0.222. The predicted molar refractivity (Wildman–Crippen MR) is 84.5 cm³/mol. The smallest absolute Gasteiger partial charge is 0.119 e. The number of ether oxygens (including phenoxy) is 1. The van der Waals surface area contributed by atoms with Gasteiger partial charge in [0, 0.05) is 6.04 Å². The van der Waals surface area contributed by atoms with E-state index < -0.39 is 0 Å². The zero-order valence-electron chi connectivity index (χ0n) is 12.0. The maximum absolute atomic E-state index is 5.83. The topological polar surface area (TPSA) is 35.2 Å². The van der Waals surface area contributed by atoms with E-state index in [1.165, 1.54) is 11.1 Å². The maximum atomic E-state index is 5.83. The molecular weight excluding hydrogens is 246 g/mol. The Morgan fingerprint density at radius 3 is 2.35 bits per heavy atom. The Labute approximate surface area is 120 Å². The fourth-order valence-corrected chi connectivity index (χ4v) is 1.80. The lowest BCUT2D eigenvalue weighted by atomic mass is 10.1. The quantitative estimate of drug-likeness (QED) is 0.888. The summed E-state index contributed by atoms with van der Waals surface area (Å²) in [6.07, 6.45) is 2.10. The van der Waals surface area contributed by atoms with Gasteiger partial charge in [0.05, 0.1) is 0 Å². The zero-order chi connectivity index (χ0) is 14.4. The van der Waals surface area contributed by atoms with Crippen LogP contribution in [0, 0.1) is 0 Å². The first-order valence-electron chi connectivity index (χ1n) is 6.86. The van der Waals surface area contributed by atoms with Gasteiger partial charge in [0.15, 0.2) is 0 Å². The summed E-state index contributed by atoms with van der Waals surface area (Å²) in [5.41, 5.74) is 9.32. The third kappa shape index (κ3) is 4.25. The monoisotopic (exact) mass is 267 g/mol. The Kier molecular flexibility index (Phi) is 4.97. The standard InChI is InChI=1S/C18H21NO/c1-14(15(2)19)12-16-8-10-18(11-9-16)20-13-17-6-4-3-5-7-17/h3-12,15H,13,19H2,1-2H3/b14-12+. The van der Waals surface area contributed by atoms with Crippen molar-refractivity contribution in [1.29, 1.82) is 0 Å². The number of benzene rings is 2. The number of rotatable bonds is 5. The van der Waals surface area contributed by atoms with Crippen LogP contribution >= 0.6 is 0 Å². The minimum absolute atomic E-state index is 0.0870. The molecule has 0 aliphatic rings. The minimum Gasteiger partial charge on any atom is -0.489 e. The van der Waals surface area contributed by atoms with Gasteiger partial charge in [-0.3, -0.25) is 0 Å². The molecule has 0 fully saturated rings. The summed E-state index contributed by atoms with van der Waals surface area (Å²) in [7, 11) is 0. The Bertz CT molecular complexity index is 556. The SMILES string of the molecule is C/C(=C\c1ccc(OCc2ccccc2)cc1)C(C)N. The molecule has 2 N–H and O–H groups in total. The maximum Gasteiger partial charge on any atom is 0.119 e. The number of hydrogen-bond donors (Lipinski definition) is 1. The fourth-order valence-electron chi connectivity index (χ4n) is 1.80. The highest BCUT2D eigenvalue weighted by molar-refractivity contribution is 5.54. The second-order valence-electron chi connectivity index (χ2n) is 5.02. The van der Waals surface area contributed by atoms with E-state index >= 15 is 0 Å². The van der Waals surface area contributed by atoms with Gasteiger partial charge in [-0.1, -0.05) is 54.1 Å². The number of nitrogens with two attached hydrogens (primary N) is 1. The molecule has 0 saturated carbocycles. The largest absolute Gasteiger partial charge is 0.489 e. The van der Waals surface area contributed by atoms with Gasteiger partial charge in [0.2, 0.25) is 0 Å². The predicted octanol–water partition coefficient (Wildman–Crippen LogP) is 4.02. The van der Waals surface area contributed by atoms with Crippen molar-refractivity contribution in [2.24, 2.45) is 5.73 Å². The van der Waals surface area contributed by atoms with Crippen molar-refractivity contribution < 1.29 is 4.74 Å². The molecule has 1 atom stereocenters. The molecule has 2 rings (SSSR count). The van der Waals surface area contributed by atoms with Gasteiger partial charge in [-0.25, -0.2) is 0 Å². The lowest BCUT2D eigenvalue weighted by Gasteiger charge is -2.08. The van der Waals surface area contributed by atoms with Crippen molar-refractivity contribution in [2.75, 3.05) is 0 Å². The van der Waals surface area contributed by atoms with Crippen molar-refractivity contribution in [2.45, 2.75) is 26.5 Å². The second-order valence-corrected chi connectivity index (χ2v) is 5.02. The molecular formula is C18H21NO. The van der Waals surface area contributed by atoms with Crippen LogP contribution in [0.2, 0.25) is 0 Å². The third-order valence-corrected chi connectivity index (χ3v) is 3.24. The van der Waals surface area contributed by atoms with E-state index in [1.54, 1.807) is 0 Å². The van der Waals surface area contributed by atoms with Crippen LogP contribution in [0.3, 0.4) is 0 Å². The Morgan fingerprint density at radius 2 is 1.75 bits per heavy atom. The van der Waals surface area contributed by atoms with Gasteiger partial charge in [-0.05, 0) is 37.1 Å². The van der Waals surface area contributed by atoms with Crippen LogP contribution in [0.1, 0.15) is 25.0 Å². The molecule has 0 heterocycles. The van der Waals surface area contributed by atoms with E-state index in [4.69, 9.17) is 10.5 Å². The molecule has 0 bridgehead atoms. The molecule has 20 heavy (non-hydrogen) atoms. The van der Waals surface area contributed by atoms with Gasteiger partial charge in [-0.15, -0.1) is 0 Å². The van der Waals surface area contributed by atoms with Gasteiger partial charge < -0.3 is 10.5 Å². The van der Waals surface area contributed by atoms with Crippen molar-refractivity contribution in [3.8, 4) is 5.75 Å². The van der Waals surface area contributed by atoms with Crippen molar-refractivity contribution in [1.82, 2.24) is 0 Å². The van der Waals surface area contributed by atoms with Crippen molar-refractivity contribution >= 4 is 6.08 Å². The van der Waals surface area contributed by atoms with Crippen LogP contribution in [0.5, 0.6) is 5.75 Å². The van der Waals surface area contributed by atoms with E-state index in [1.807, 2.05) is 56.3 Å². The Morgan fingerprint density at radius 1 is 1.10 bits per heavy atom. The molecule has 1 unspecified atom stereocenters. The lowest BCUT2D eigenvalue weighted by Crippen LogP contribution is -2.15. The molecule has 0 radical (unpaired) electrons. The Hall–Kier alpha value is -2.06. The average Bonchev–Trinajstić information content (AvgIpc) is 2.47. The molecule has 0 amide bonds. The first kappa shape index (κ1) is 14.4. The van der Waals surface area contributed by atoms with Crippen LogP contribution in [0.4, 0.5) is 0 Å². The van der Waals surface area contributed by atoms with Gasteiger partial charge in [0.1, 0.15) is 12.4 Å². The normalized spacial score (nSPS) is 13.1. The summed E-state index contributed by atoms with van der Waals surface area (Å²) in [6.45, 7) is 4.63. The summed E-state index contributed by atoms with van der Waals surface area (Å²) < 4.78 is 5.75. The first-order valence-corrected chi connectivity index (χ1v) is 6.86. The van der Waals surface area contributed by atoms with Gasteiger partial charge >= 0.3 is 0 Å². The van der Waals surface area contributed by atoms with Gasteiger partial charge in [-0.2, -0.15) is 0 Å². The van der Waals surface area contributed by atoms with Gasteiger partial charge in [0.25, 0.3) is 0 Å². The van der Waals surface area contributed by atoms with E-state index in [0.717, 1.165) is 11.3 Å². The van der Waals surface area contributed by atoms with Crippen LogP contribution in [0.15, 0.2) is 60.2 Å². The summed E-state index contributed by atoms with van der Waals surface area (Å²) in [5.74, 6) is 0.879. The van der Waals surface area contributed by atoms with Crippen molar-refractivity contribution in [3.05, 3.63) is 71.3 Å². The van der Waals surface area contributed by atoms with E-state index in [2.05, 4.69) is 18.2 Å². The molecule has 2 nitrogen and oxygen atoms in total. The van der Waals surface area contributed by atoms with E-state index in [9.17, 15) is 0 Å². The highest BCUT2D eigenvalue weighted by Crippen LogP contribution is 2.16. The summed E-state index contributed by atoms with van der Waals surface area (Å²) in [4.78, 5) is 0. The molecule has 0 spiro atoms. The first-order chi connectivity index (χ1) is 9.65. The summed E-state index contributed by atoms with van der Waals surface area (Å²) in [5, 5.41) is 0. The average molecular weight is 267 g/mol. The summed E-state index contributed by atoms with van der Waals surface area (Å²) >= 11 is 0. The minimum atomic E-state index is 0.0870. The lowest BCUT2D eigenvalue weighted by molar-refractivity contribution is 0.306. The van der Waals surface area contributed by atoms with Crippen LogP contribution in [0.25, 0.3) is 6.08 Å².